The summed E-state index contributed by atoms with van der Waals surface area (Å²) in [7, 11) is 0. The molecule has 5 heteroatoms. The topological polar surface area (TPSA) is 67.4 Å². The maximum absolute atomic E-state index is 11.8. The van der Waals surface area contributed by atoms with E-state index < -0.39 is 0 Å². The SMILES string of the molecule is O=C1NC(=O)c2c(CCCCCC3COCCN3)cccc21. The number of benzene rings is 1. The Morgan fingerprint density at radius 2 is 2.05 bits per heavy atom. The van der Waals surface area contributed by atoms with Gasteiger partial charge >= 0.3 is 0 Å². The van der Waals surface area contributed by atoms with Gasteiger partial charge in [0, 0.05) is 12.6 Å². The standard InChI is InChI=1S/C17H22N2O3/c20-16-14-8-4-6-12(15(14)17(21)19-16)5-2-1-3-7-13-11-22-10-9-18-13/h4,6,8,13,18H,1-3,5,7,9-11H2,(H,19,20,21). The van der Waals surface area contributed by atoms with Gasteiger partial charge in [0.05, 0.1) is 24.3 Å². The Kier molecular flexibility index (Phi) is 4.85. The Hall–Kier alpha value is -1.72. The number of rotatable bonds is 6. The van der Waals surface area contributed by atoms with Crippen molar-refractivity contribution in [1.82, 2.24) is 10.6 Å². The molecule has 5 nitrogen and oxygen atoms in total. The average molecular weight is 302 g/mol. The van der Waals surface area contributed by atoms with Gasteiger partial charge in [-0.1, -0.05) is 25.0 Å². The van der Waals surface area contributed by atoms with E-state index in [2.05, 4.69) is 10.6 Å². The third kappa shape index (κ3) is 3.36. The van der Waals surface area contributed by atoms with E-state index in [-0.39, 0.29) is 11.8 Å². The van der Waals surface area contributed by atoms with Gasteiger partial charge < -0.3 is 10.1 Å². The summed E-state index contributed by atoms with van der Waals surface area (Å²) >= 11 is 0. The highest BCUT2D eigenvalue weighted by atomic mass is 16.5. The normalized spacial score (nSPS) is 20.8. The van der Waals surface area contributed by atoms with Crippen molar-refractivity contribution in [1.29, 1.82) is 0 Å². The first-order chi connectivity index (χ1) is 10.8. The largest absolute Gasteiger partial charge is 0.379 e. The first-order valence-corrected chi connectivity index (χ1v) is 8.04. The van der Waals surface area contributed by atoms with Gasteiger partial charge in [-0.2, -0.15) is 0 Å². The summed E-state index contributed by atoms with van der Waals surface area (Å²) in [5.41, 5.74) is 2.08. The quantitative estimate of drug-likeness (QED) is 0.619. The molecule has 1 fully saturated rings. The van der Waals surface area contributed by atoms with Gasteiger partial charge in [-0.3, -0.25) is 14.9 Å². The van der Waals surface area contributed by atoms with Crippen LogP contribution in [0.25, 0.3) is 0 Å². The predicted molar refractivity (Wildman–Crippen MR) is 83.0 cm³/mol. The number of aryl methyl sites for hydroxylation is 1. The Balaban J connectivity index is 1.46. The first-order valence-electron chi connectivity index (χ1n) is 8.04. The molecule has 0 aromatic heterocycles. The van der Waals surface area contributed by atoms with Crippen LogP contribution in [0.5, 0.6) is 0 Å². The second kappa shape index (κ2) is 7.03. The van der Waals surface area contributed by atoms with Gasteiger partial charge in [0.15, 0.2) is 0 Å². The highest BCUT2D eigenvalue weighted by molar-refractivity contribution is 6.22. The fourth-order valence-electron chi connectivity index (χ4n) is 3.19. The van der Waals surface area contributed by atoms with E-state index >= 15 is 0 Å². The number of morpholine rings is 1. The molecule has 1 aromatic rings. The Labute approximate surface area is 130 Å². The highest BCUT2D eigenvalue weighted by Crippen LogP contribution is 2.22. The van der Waals surface area contributed by atoms with E-state index in [0.29, 0.717) is 17.2 Å². The molecule has 2 heterocycles. The summed E-state index contributed by atoms with van der Waals surface area (Å²) < 4.78 is 5.44. The molecule has 2 aliphatic heterocycles. The maximum Gasteiger partial charge on any atom is 0.259 e. The molecule has 0 spiro atoms. The lowest BCUT2D eigenvalue weighted by molar-refractivity contribution is 0.0733. The molecule has 1 aromatic carbocycles. The molecule has 2 aliphatic rings. The zero-order valence-electron chi connectivity index (χ0n) is 12.7. The van der Waals surface area contributed by atoms with Crippen molar-refractivity contribution < 1.29 is 14.3 Å². The fraction of sp³-hybridized carbons (Fsp3) is 0.529. The third-order valence-corrected chi connectivity index (χ3v) is 4.35. The van der Waals surface area contributed by atoms with Gasteiger partial charge in [0.2, 0.25) is 0 Å². The van der Waals surface area contributed by atoms with Crippen LogP contribution in [0.3, 0.4) is 0 Å². The number of hydrogen-bond acceptors (Lipinski definition) is 4. The molecule has 3 rings (SSSR count). The molecule has 118 valence electrons. The van der Waals surface area contributed by atoms with Crippen LogP contribution in [0.2, 0.25) is 0 Å². The van der Waals surface area contributed by atoms with Gasteiger partial charge in [0.25, 0.3) is 11.8 Å². The van der Waals surface area contributed by atoms with Crippen LogP contribution in [0.15, 0.2) is 18.2 Å². The minimum absolute atomic E-state index is 0.251. The Morgan fingerprint density at radius 1 is 1.14 bits per heavy atom. The number of imide groups is 1. The van der Waals surface area contributed by atoms with Crippen LogP contribution in [-0.2, 0) is 11.2 Å². The van der Waals surface area contributed by atoms with Crippen molar-refractivity contribution in [2.24, 2.45) is 0 Å². The van der Waals surface area contributed by atoms with Crippen molar-refractivity contribution in [2.75, 3.05) is 19.8 Å². The summed E-state index contributed by atoms with van der Waals surface area (Å²) in [6.07, 6.45) is 5.29. The summed E-state index contributed by atoms with van der Waals surface area (Å²) in [5.74, 6) is -0.524. The molecule has 1 unspecified atom stereocenters. The average Bonchev–Trinajstić information content (AvgIpc) is 2.83. The van der Waals surface area contributed by atoms with Crippen molar-refractivity contribution in [3.8, 4) is 0 Å². The predicted octanol–water partition coefficient (Wildman–Crippen LogP) is 1.66. The monoisotopic (exact) mass is 302 g/mol. The van der Waals surface area contributed by atoms with E-state index in [4.69, 9.17) is 4.74 Å². The van der Waals surface area contributed by atoms with Crippen LogP contribution in [0.1, 0.15) is 52.0 Å². The van der Waals surface area contributed by atoms with Gasteiger partial charge in [-0.15, -0.1) is 0 Å². The lowest BCUT2D eigenvalue weighted by atomic mass is 9.97. The molecule has 0 saturated carbocycles. The van der Waals surface area contributed by atoms with E-state index in [9.17, 15) is 9.59 Å². The minimum atomic E-state index is -0.273. The van der Waals surface area contributed by atoms with Crippen LogP contribution in [0.4, 0.5) is 0 Å². The molecular weight excluding hydrogens is 280 g/mol. The molecular formula is C17H22N2O3. The van der Waals surface area contributed by atoms with Crippen molar-refractivity contribution in [3.63, 3.8) is 0 Å². The Bertz CT molecular complexity index is 565. The second-order valence-corrected chi connectivity index (χ2v) is 5.95. The number of unbranched alkanes of at least 4 members (excludes halogenated alkanes) is 2. The van der Waals surface area contributed by atoms with Crippen LogP contribution < -0.4 is 10.6 Å². The molecule has 2 amide bonds. The minimum Gasteiger partial charge on any atom is -0.379 e. The highest BCUT2D eigenvalue weighted by Gasteiger charge is 2.28. The lowest BCUT2D eigenvalue weighted by Crippen LogP contribution is -2.41. The molecule has 2 N–H and O–H groups in total. The Morgan fingerprint density at radius 3 is 2.86 bits per heavy atom. The number of carbonyl (C=O) groups excluding carboxylic acids is 2. The molecule has 22 heavy (non-hydrogen) atoms. The van der Waals surface area contributed by atoms with Crippen molar-refractivity contribution in [2.45, 2.75) is 38.1 Å². The smallest absolute Gasteiger partial charge is 0.259 e. The summed E-state index contributed by atoms with van der Waals surface area (Å²) in [6.45, 7) is 2.58. The van der Waals surface area contributed by atoms with Crippen LogP contribution >= 0.6 is 0 Å². The van der Waals surface area contributed by atoms with E-state index in [1.165, 1.54) is 0 Å². The third-order valence-electron chi connectivity index (χ3n) is 4.35. The van der Waals surface area contributed by atoms with Gasteiger partial charge in [0.1, 0.15) is 0 Å². The number of fused-ring (bicyclic) bond motifs is 1. The molecule has 0 radical (unpaired) electrons. The zero-order valence-corrected chi connectivity index (χ0v) is 12.7. The summed E-state index contributed by atoms with van der Waals surface area (Å²) in [5, 5.41) is 5.82. The number of nitrogens with one attached hydrogen (secondary N) is 2. The first kappa shape index (κ1) is 15.2. The van der Waals surface area contributed by atoms with Gasteiger partial charge in [-0.25, -0.2) is 0 Å². The molecule has 0 aliphatic carbocycles. The van der Waals surface area contributed by atoms with Crippen molar-refractivity contribution >= 4 is 11.8 Å². The zero-order chi connectivity index (χ0) is 15.4. The summed E-state index contributed by atoms with van der Waals surface area (Å²) in [6, 6.07) is 6.01. The lowest BCUT2D eigenvalue weighted by Gasteiger charge is -2.23. The molecule has 1 atom stereocenters. The summed E-state index contributed by atoms with van der Waals surface area (Å²) in [4.78, 5) is 23.5. The number of carbonyl (C=O) groups is 2. The number of amides is 2. The van der Waals surface area contributed by atoms with E-state index in [1.54, 1.807) is 6.07 Å². The molecule has 1 saturated heterocycles. The number of hydrogen-bond donors (Lipinski definition) is 2. The van der Waals surface area contributed by atoms with E-state index in [1.807, 2.05) is 12.1 Å². The van der Waals surface area contributed by atoms with Gasteiger partial charge in [-0.05, 0) is 30.9 Å². The fourth-order valence-corrected chi connectivity index (χ4v) is 3.19. The maximum atomic E-state index is 11.8. The second-order valence-electron chi connectivity index (χ2n) is 5.95. The van der Waals surface area contributed by atoms with Crippen LogP contribution in [0, 0.1) is 0 Å². The van der Waals surface area contributed by atoms with E-state index in [0.717, 1.165) is 57.4 Å². The van der Waals surface area contributed by atoms with Crippen molar-refractivity contribution in [3.05, 3.63) is 34.9 Å². The number of ether oxygens (including phenoxy) is 1. The molecule has 0 bridgehead atoms. The van der Waals surface area contributed by atoms with Crippen LogP contribution in [-0.4, -0.2) is 37.6 Å².